The van der Waals surface area contributed by atoms with Crippen LogP contribution < -0.4 is 10.6 Å². The van der Waals surface area contributed by atoms with Crippen LogP contribution in [0.1, 0.15) is 45.7 Å². The Kier molecular flexibility index (Phi) is 9.90. The van der Waals surface area contributed by atoms with Gasteiger partial charge < -0.3 is 20.5 Å². The van der Waals surface area contributed by atoms with Crippen molar-refractivity contribution in [3.05, 3.63) is 71.8 Å². The first kappa shape index (κ1) is 33.7. The minimum absolute atomic E-state index is 0.223. The molecule has 0 atom stereocenters. The first-order chi connectivity index (χ1) is 20.9. The number of amides is 2. The average Bonchev–Trinajstić information content (AvgIpc) is 3.66. The maximum absolute atomic E-state index is 13.3. The monoisotopic (exact) mass is 642 g/mol. The van der Waals surface area contributed by atoms with Crippen LogP contribution in [0.25, 0.3) is 11.4 Å². The number of carboxylic acids is 1. The molecule has 2 heterocycles. The molecule has 4 rings (SSSR count). The summed E-state index contributed by atoms with van der Waals surface area (Å²) < 4.78 is 85.9. The standard InChI is InChI=1S/C13H11F3N4O3.C12H9F3N4O3/c1-7(21)19-10-4-9(13(14,15)16)11(20-5-17-18-6-20)3-8(10)12(22)23-2;1-6(20)18-9-3-8(12(13,14)15)10(2-7(9)11(21)22)19-4-16-17-5-19/h3-6H,1-2H3,(H,19,21);2-5H,1H3,(H,18,20)(H,21,22). The van der Waals surface area contributed by atoms with Gasteiger partial charge in [0, 0.05) is 13.8 Å². The number of nitrogens with zero attached hydrogens (tertiary/aromatic N) is 6. The number of benzene rings is 2. The van der Waals surface area contributed by atoms with E-state index in [9.17, 15) is 45.5 Å². The van der Waals surface area contributed by atoms with Gasteiger partial charge in [-0.1, -0.05) is 0 Å². The number of carbonyl (C=O) groups is 4. The second-order valence-electron chi connectivity index (χ2n) is 8.72. The Balaban J connectivity index is 0.000000246. The zero-order chi connectivity index (χ0) is 33.7. The molecule has 0 aliphatic rings. The highest BCUT2D eigenvalue weighted by molar-refractivity contribution is 6.02. The molecule has 2 aromatic heterocycles. The van der Waals surface area contributed by atoms with Crippen LogP contribution in [0.4, 0.5) is 37.7 Å². The second-order valence-corrected chi connectivity index (χ2v) is 8.72. The Morgan fingerprint density at radius 1 is 0.689 bits per heavy atom. The Morgan fingerprint density at radius 2 is 1.04 bits per heavy atom. The molecule has 0 saturated carbocycles. The van der Waals surface area contributed by atoms with E-state index >= 15 is 0 Å². The zero-order valence-electron chi connectivity index (χ0n) is 23.1. The fourth-order valence-electron chi connectivity index (χ4n) is 3.75. The predicted octanol–water partition coefficient (Wildman–Crippen LogP) is 3.97. The molecule has 2 aromatic carbocycles. The normalized spacial score (nSPS) is 11.2. The Morgan fingerprint density at radius 3 is 1.36 bits per heavy atom. The molecule has 4 aromatic rings. The number of esters is 1. The number of rotatable bonds is 6. The molecule has 45 heavy (non-hydrogen) atoms. The quantitative estimate of drug-likeness (QED) is 0.205. The van der Waals surface area contributed by atoms with E-state index < -0.39 is 64.2 Å². The summed E-state index contributed by atoms with van der Waals surface area (Å²) in [6, 6.07) is 3.01. The van der Waals surface area contributed by atoms with Gasteiger partial charge in [0.05, 0.1) is 52.1 Å². The topological polar surface area (TPSA) is 183 Å². The van der Waals surface area contributed by atoms with E-state index in [1.54, 1.807) is 0 Å². The Bertz CT molecular complexity index is 1720. The van der Waals surface area contributed by atoms with Crippen LogP contribution in [0.15, 0.2) is 49.6 Å². The van der Waals surface area contributed by atoms with Gasteiger partial charge in [0.15, 0.2) is 0 Å². The molecule has 2 amide bonds. The third-order valence-corrected chi connectivity index (χ3v) is 5.53. The van der Waals surface area contributed by atoms with Gasteiger partial charge in [0.1, 0.15) is 25.3 Å². The third kappa shape index (κ3) is 8.18. The molecule has 0 saturated heterocycles. The maximum Gasteiger partial charge on any atom is 0.418 e. The number of carboxylic acid groups (broad SMARTS) is 1. The third-order valence-electron chi connectivity index (χ3n) is 5.53. The highest BCUT2D eigenvalue weighted by atomic mass is 19.4. The number of carbonyl (C=O) groups excluding carboxylic acids is 3. The van der Waals surface area contributed by atoms with Crippen molar-refractivity contribution in [1.82, 2.24) is 29.5 Å². The SMILES string of the molecule is CC(=O)Nc1cc(C(F)(F)F)c(-n2cnnc2)cc1C(=O)O.COC(=O)c1cc(-n2cnnc2)c(C(F)(F)F)cc1NC(C)=O. The van der Waals surface area contributed by atoms with Gasteiger partial charge in [-0.3, -0.25) is 18.7 Å². The minimum Gasteiger partial charge on any atom is -0.478 e. The largest absolute Gasteiger partial charge is 0.478 e. The number of methoxy groups -OCH3 is 1. The number of hydrogen-bond donors (Lipinski definition) is 3. The molecule has 0 bridgehead atoms. The zero-order valence-corrected chi connectivity index (χ0v) is 23.1. The van der Waals surface area contributed by atoms with E-state index in [4.69, 9.17) is 5.11 Å². The fourth-order valence-corrected chi connectivity index (χ4v) is 3.75. The summed E-state index contributed by atoms with van der Waals surface area (Å²) in [6.07, 6.45) is -5.35. The molecule has 20 heteroatoms. The van der Waals surface area contributed by atoms with Gasteiger partial charge in [0.2, 0.25) is 11.8 Å². The van der Waals surface area contributed by atoms with E-state index in [2.05, 4.69) is 35.8 Å². The predicted molar refractivity (Wildman–Crippen MR) is 140 cm³/mol. The summed E-state index contributed by atoms with van der Waals surface area (Å²) >= 11 is 0. The lowest BCUT2D eigenvalue weighted by molar-refractivity contribution is -0.138. The van der Waals surface area contributed by atoms with Crippen LogP contribution in [-0.4, -0.2) is 65.5 Å². The molecule has 238 valence electrons. The summed E-state index contributed by atoms with van der Waals surface area (Å²) in [5.41, 5.74) is -4.44. The lowest BCUT2D eigenvalue weighted by atomic mass is 10.1. The van der Waals surface area contributed by atoms with Crippen molar-refractivity contribution in [2.24, 2.45) is 0 Å². The Labute approximate surface area is 247 Å². The van der Waals surface area contributed by atoms with Crippen molar-refractivity contribution in [2.45, 2.75) is 26.2 Å². The minimum atomic E-state index is -4.76. The van der Waals surface area contributed by atoms with Crippen molar-refractivity contribution in [2.75, 3.05) is 17.7 Å². The van der Waals surface area contributed by atoms with Crippen molar-refractivity contribution < 1.29 is 55.4 Å². The number of aromatic nitrogens is 6. The van der Waals surface area contributed by atoms with Gasteiger partial charge in [0.25, 0.3) is 0 Å². The van der Waals surface area contributed by atoms with Crippen LogP contribution in [0.3, 0.4) is 0 Å². The second kappa shape index (κ2) is 13.2. The molecular formula is C25H20F6N8O6. The lowest BCUT2D eigenvalue weighted by Gasteiger charge is -2.17. The van der Waals surface area contributed by atoms with Crippen LogP contribution in [0, 0.1) is 0 Å². The van der Waals surface area contributed by atoms with Gasteiger partial charge in [-0.25, -0.2) is 9.59 Å². The highest BCUT2D eigenvalue weighted by Crippen LogP contribution is 2.38. The van der Waals surface area contributed by atoms with E-state index in [1.165, 1.54) is 0 Å². The van der Waals surface area contributed by atoms with Crippen LogP contribution in [0.2, 0.25) is 0 Å². The fraction of sp³-hybridized carbons (Fsp3) is 0.200. The van der Waals surface area contributed by atoms with E-state index in [-0.39, 0.29) is 16.9 Å². The highest BCUT2D eigenvalue weighted by Gasteiger charge is 2.37. The molecule has 3 N–H and O–H groups in total. The van der Waals surface area contributed by atoms with Crippen LogP contribution in [-0.2, 0) is 26.7 Å². The number of anilines is 2. The van der Waals surface area contributed by atoms with Gasteiger partial charge >= 0.3 is 24.3 Å². The summed E-state index contributed by atoms with van der Waals surface area (Å²) in [6.45, 7) is 2.18. The molecule has 0 radical (unpaired) electrons. The summed E-state index contributed by atoms with van der Waals surface area (Å²) in [4.78, 5) is 45.2. The van der Waals surface area contributed by atoms with E-state index in [1.807, 2.05) is 0 Å². The number of hydrogen-bond acceptors (Lipinski definition) is 9. The number of nitrogens with one attached hydrogen (secondary N) is 2. The smallest absolute Gasteiger partial charge is 0.418 e. The molecule has 14 nitrogen and oxygen atoms in total. The lowest BCUT2D eigenvalue weighted by Crippen LogP contribution is -2.17. The molecule has 0 aliphatic heterocycles. The van der Waals surface area contributed by atoms with Gasteiger partial charge in [-0.2, -0.15) is 26.3 Å². The first-order valence-corrected chi connectivity index (χ1v) is 12.0. The van der Waals surface area contributed by atoms with Crippen molar-refractivity contribution in [1.29, 1.82) is 0 Å². The number of alkyl halides is 6. The number of halogens is 6. The number of ether oxygens (including phenoxy) is 1. The molecule has 0 fully saturated rings. The maximum atomic E-state index is 13.3. The van der Waals surface area contributed by atoms with Gasteiger partial charge in [-0.05, 0) is 24.3 Å². The molecule has 0 unspecified atom stereocenters. The van der Waals surface area contributed by atoms with Crippen molar-refractivity contribution >= 4 is 35.1 Å². The van der Waals surface area contributed by atoms with Crippen LogP contribution >= 0.6 is 0 Å². The summed E-state index contributed by atoms with van der Waals surface area (Å²) in [7, 11) is 1.08. The molecular weight excluding hydrogens is 622 g/mol. The summed E-state index contributed by atoms with van der Waals surface area (Å²) in [5, 5.41) is 27.1. The molecule has 0 spiro atoms. The van der Waals surface area contributed by atoms with Crippen molar-refractivity contribution in [3.8, 4) is 11.4 Å². The molecule has 0 aliphatic carbocycles. The average molecular weight is 642 g/mol. The Hall–Kier alpha value is -5.82. The number of aromatic carboxylic acids is 1. The summed E-state index contributed by atoms with van der Waals surface area (Å²) in [5.74, 6) is -3.68. The van der Waals surface area contributed by atoms with Gasteiger partial charge in [-0.15, -0.1) is 20.4 Å². The van der Waals surface area contributed by atoms with Crippen molar-refractivity contribution in [3.63, 3.8) is 0 Å². The van der Waals surface area contributed by atoms with E-state index in [0.29, 0.717) is 12.1 Å². The van der Waals surface area contributed by atoms with E-state index in [0.717, 1.165) is 67.5 Å². The van der Waals surface area contributed by atoms with Crippen LogP contribution in [0.5, 0.6) is 0 Å². The first-order valence-electron chi connectivity index (χ1n) is 12.0.